The first kappa shape index (κ1) is 12.3. The summed E-state index contributed by atoms with van der Waals surface area (Å²) >= 11 is 0. The number of hydrogen-bond donors (Lipinski definition) is 2. The number of anilines is 1. The van der Waals surface area contributed by atoms with Gasteiger partial charge in [-0.05, 0) is 37.2 Å². The highest BCUT2D eigenvalue weighted by atomic mass is 16.5. The van der Waals surface area contributed by atoms with E-state index in [9.17, 15) is 4.79 Å². The van der Waals surface area contributed by atoms with E-state index >= 15 is 0 Å². The number of nitrogens with one attached hydrogen (secondary N) is 2. The summed E-state index contributed by atoms with van der Waals surface area (Å²) in [6.45, 7) is 3.35. The summed E-state index contributed by atoms with van der Waals surface area (Å²) < 4.78 is 5.22. The van der Waals surface area contributed by atoms with Crippen LogP contribution >= 0.6 is 0 Å². The van der Waals surface area contributed by atoms with Gasteiger partial charge in [0.15, 0.2) is 0 Å². The Morgan fingerprint density at radius 1 is 1.58 bits per heavy atom. The van der Waals surface area contributed by atoms with Crippen molar-refractivity contribution in [3.63, 3.8) is 0 Å². The third-order valence-electron chi connectivity index (χ3n) is 4.34. The zero-order valence-corrected chi connectivity index (χ0v) is 11.5. The minimum absolute atomic E-state index is 0.0894. The molecule has 1 aromatic carbocycles. The molecule has 1 fully saturated rings. The molecular weight excluding hydrogens is 242 g/mol. The van der Waals surface area contributed by atoms with Crippen LogP contribution in [0.1, 0.15) is 18.9 Å². The minimum atomic E-state index is -0.434. The van der Waals surface area contributed by atoms with E-state index in [1.54, 1.807) is 7.05 Å². The summed E-state index contributed by atoms with van der Waals surface area (Å²) in [5.74, 6) is 0.594. The Labute approximate surface area is 112 Å². The second-order valence-corrected chi connectivity index (χ2v) is 5.54. The maximum absolute atomic E-state index is 11.3. The summed E-state index contributed by atoms with van der Waals surface area (Å²) in [4.78, 5) is 13.6. The molecule has 5 nitrogen and oxygen atoms in total. The van der Waals surface area contributed by atoms with Crippen molar-refractivity contribution in [2.75, 3.05) is 26.0 Å². The monoisotopic (exact) mass is 261 g/mol. The number of ether oxygens (including phenoxy) is 1. The summed E-state index contributed by atoms with van der Waals surface area (Å²) in [5.41, 5.74) is 2.47. The molecule has 1 amide bonds. The molecule has 0 unspecified atom stereocenters. The van der Waals surface area contributed by atoms with Crippen LogP contribution in [0.4, 0.5) is 10.5 Å². The molecule has 2 atom stereocenters. The first-order chi connectivity index (χ1) is 9.04. The molecule has 3 rings (SSSR count). The third kappa shape index (κ3) is 1.76. The molecule has 0 spiro atoms. The van der Waals surface area contributed by atoms with Crippen LogP contribution in [-0.4, -0.2) is 37.8 Å². The van der Waals surface area contributed by atoms with Crippen molar-refractivity contribution < 1.29 is 9.53 Å². The van der Waals surface area contributed by atoms with E-state index in [0.717, 1.165) is 18.7 Å². The number of likely N-dealkylation sites (N-methyl/N-ethyl adjacent to an activating group) is 1. The zero-order chi connectivity index (χ0) is 13.6. The zero-order valence-electron chi connectivity index (χ0n) is 11.5. The van der Waals surface area contributed by atoms with E-state index in [0.29, 0.717) is 11.9 Å². The number of rotatable bonds is 1. The first-order valence-electron chi connectivity index (χ1n) is 6.55. The van der Waals surface area contributed by atoms with Gasteiger partial charge in [0, 0.05) is 24.7 Å². The fourth-order valence-corrected chi connectivity index (χ4v) is 3.20. The predicted octanol–water partition coefficient (Wildman–Crippen LogP) is 1.75. The number of fused-ring (bicyclic) bond motifs is 3. The molecule has 19 heavy (non-hydrogen) atoms. The van der Waals surface area contributed by atoms with Crippen LogP contribution < -0.4 is 15.4 Å². The standard InChI is InChI=1S/C14H19N3O2/c1-14-6-7-17(3)12(14)16-11-5-4-9(8-10(11)14)19-13(18)15-2/h4-5,8,12,16H,6-7H2,1-3H3,(H,15,18)/t12-,14-/m1/s1. The van der Waals surface area contributed by atoms with Crippen LogP contribution in [0.5, 0.6) is 5.75 Å². The van der Waals surface area contributed by atoms with Crippen molar-refractivity contribution in [2.24, 2.45) is 0 Å². The van der Waals surface area contributed by atoms with Gasteiger partial charge in [-0.3, -0.25) is 4.90 Å². The third-order valence-corrected chi connectivity index (χ3v) is 4.34. The van der Waals surface area contributed by atoms with E-state index < -0.39 is 6.09 Å². The molecule has 5 heteroatoms. The van der Waals surface area contributed by atoms with Gasteiger partial charge in [-0.1, -0.05) is 6.92 Å². The maximum atomic E-state index is 11.3. The lowest BCUT2D eigenvalue weighted by molar-refractivity contribution is 0.203. The average molecular weight is 261 g/mol. The highest BCUT2D eigenvalue weighted by Gasteiger charge is 2.49. The van der Waals surface area contributed by atoms with Gasteiger partial charge in [-0.15, -0.1) is 0 Å². The van der Waals surface area contributed by atoms with E-state index in [1.165, 1.54) is 5.56 Å². The lowest BCUT2D eigenvalue weighted by Gasteiger charge is -2.27. The Kier molecular flexibility index (Phi) is 2.67. The Morgan fingerprint density at radius 3 is 3.11 bits per heavy atom. The van der Waals surface area contributed by atoms with Crippen LogP contribution in [0.15, 0.2) is 18.2 Å². The number of nitrogens with zero attached hydrogens (tertiary/aromatic N) is 1. The van der Waals surface area contributed by atoms with Gasteiger partial charge in [-0.2, -0.15) is 0 Å². The SMILES string of the molecule is CNC(=O)Oc1ccc2c(c1)[C@@]1(C)CCN(C)[C@H]1N2. The molecule has 1 aromatic rings. The normalized spacial score (nSPS) is 28.5. The smallest absolute Gasteiger partial charge is 0.410 e. The van der Waals surface area contributed by atoms with Crippen molar-refractivity contribution >= 4 is 11.8 Å². The molecular formula is C14H19N3O2. The number of likely N-dealkylation sites (tertiary alicyclic amines) is 1. The van der Waals surface area contributed by atoms with E-state index in [1.807, 2.05) is 18.2 Å². The first-order valence-corrected chi connectivity index (χ1v) is 6.55. The predicted molar refractivity (Wildman–Crippen MR) is 73.5 cm³/mol. The Morgan fingerprint density at radius 2 is 2.37 bits per heavy atom. The summed E-state index contributed by atoms with van der Waals surface area (Å²) in [7, 11) is 3.69. The second-order valence-electron chi connectivity index (χ2n) is 5.54. The summed E-state index contributed by atoms with van der Waals surface area (Å²) in [6, 6.07) is 5.80. The van der Waals surface area contributed by atoms with Crippen molar-refractivity contribution in [1.82, 2.24) is 10.2 Å². The van der Waals surface area contributed by atoms with E-state index in [-0.39, 0.29) is 5.41 Å². The molecule has 102 valence electrons. The molecule has 1 saturated heterocycles. The quantitative estimate of drug-likeness (QED) is 0.808. The largest absolute Gasteiger partial charge is 0.412 e. The van der Waals surface area contributed by atoms with Gasteiger partial charge >= 0.3 is 6.09 Å². The van der Waals surface area contributed by atoms with Gasteiger partial charge in [0.25, 0.3) is 0 Å². The van der Waals surface area contributed by atoms with Crippen LogP contribution in [0.2, 0.25) is 0 Å². The molecule has 0 aromatic heterocycles. The number of amides is 1. The molecule has 2 heterocycles. The maximum Gasteiger partial charge on any atom is 0.412 e. The van der Waals surface area contributed by atoms with Crippen LogP contribution in [0.3, 0.4) is 0 Å². The van der Waals surface area contributed by atoms with Crippen LogP contribution in [0, 0.1) is 0 Å². The summed E-state index contributed by atoms with van der Waals surface area (Å²) in [6.07, 6.45) is 1.01. The highest BCUT2D eigenvalue weighted by molar-refractivity contribution is 5.71. The van der Waals surface area contributed by atoms with Crippen molar-refractivity contribution in [1.29, 1.82) is 0 Å². The van der Waals surface area contributed by atoms with Crippen molar-refractivity contribution in [2.45, 2.75) is 24.9 Å². The number of carbonyl (C=O) groups excluding carboxylic acids is 1. The topological polar surface area (TPSA) is 53.6 Å². The van der Waals surface area contributed by atoms with Crippen molar-refractivity contribution in [3.05, 3.63) is 23.8 Å². The molecule has 0 saturated carbocycles. The lowest BCUT2D eigenvalue weighted by atomic mass is 9.81. The minimum Gasteiger partial charge on any atom is -0.410 e. The van der Waals surface area contributed by atoms with Gasteiger partial charge in [0.05, 0.1) is 6.17 Å². The van der Waals surface area contributed by atoms with Gasteiger partial charge in [0.2, 0.25) is 0 Å². The number of carbonyl (C=O) groups is 1. The van der Waals surface area contributed by atoms with Gasteiger partial charge in [0.1, 0.15) is 5.75 Å². The average Bonchev–Trinajstić information content (AvgIpc) is 2.84. The molecule has 2 aliphatic rings. The van der Waals surface area contributed by atoms with Gasteiger partial charge < -0.3 is 15.4 Å². The van der Waals surface area contributed by atoms with E-state index in [2.05, 4.69) is 29.5 Å². The molecule has 2 aliphatic heterocycles. The lowest BCUT2D eigenvalue weighted by Crippen LogP contribution is -2.39. The Bertz CT molecular complexity index is 531. The molecule has 0 radical (unpaired) electrons. The van der Waals surface area contributed by atoms with Gasteiger partial charge in [-0.25, -0.2) is 4.79 Å². The Balaban J connectivity index is 1.94. The second kappa shape index (κ2) is 4.13. The van der Waals surface area contributed by atoms with E-state index in [4.69, 9.17) is 4.74 Å². The molecule has 2 N–H and O–H groups in total. The van der Waals surface area contributed by atoms with Crippen LogP contribution in [0.25, 0.3) is 0 Å². The molecule has 0 aliphatic carbocycles. The Hall–Kier alpha value is -1.75. The fourth-order valence-electron chi connectivity index (χ4n) is 3.20. The number of benzene rings is 1. The van der Waals surface area contributed by atoms with Crippen LogP contribution in [-0.2, 0) is 5.41 Å². The molecule has 0 bridgehead atoms. The number of hydrogen-bond acceptors (Lipinski definition) is 4. The summed E-state index contributed by atoms with van der Waals surface area (Å²) in [5, 5.41) is 6.01. The fraction of sp³-hybridized carbons (Fsp3) is 0.500. The van der Waals surface area contributed by atoms with Crippen molar-refractivity contribution in [3.8, 4) is 5.75 Å². The highest BCUT2D eigenvalue weighted by Crippen LogP contribution is 2.48.